The van der Waals surface area contributed by atoms with E-state index in [0.717, 1.165) is 46.3 Å². The SMILES string of the molecule is COc1ccc(-c2nc(C)c(C(C)NC(=O)CC3CCCN3)s2)cc1.Cl. The standard InChI is InChI=1S/C19H25N3O2S.ClH/c1-12(21-17(23)11-15-5-4-10-20-15)18-13(2)22-19(25-18)14-6-8-16(24-3)9-7-14;/h6-9,12,15,20H,4-5,10-11H2,1-3H3,(H,21,23);1H. The van der Waals surface area contributed by atoms with E-state index in [-0.39, 0.29) is 24.4 Å². The Morgan fingerprint density at radius 3 is 2.77 bits per heavy atom. The van der Waals surface area contributed by atoms with Gasteiger partial charge in [0.05, 0.1) is 23.7 Å². The largest absolute Gasteiger partial charge is 0.497 e. The molecule has 7 heteroatoms. The van der Waals surface area contributed by atoms with E-state index in [1.54, 1.807) is 18.4 Å². The van der Waals surface area contributed by atoms with Crippen molar-refractivity contribution in [3.63, 3.8) is 0 Å². The van der Waals surface area contributed by atoms with E-state index in [0.29, 0.717) is 12.5 Å². The van der Waals surface area contributed by atoms with Crippen LogP contribution in [0.15, 0.2) is 24.3 Å². The topological polar surface area (TPSA) is 63.2 Å². The van der Waals surface area contributed by atoms with Crippen LogP contribution in [-0.2, 0) is 4.79 Å². The number of amides is 1. The van der Waals surface area contributed by atoms with Crippen molar-refractivity contribution in [3.05, 3.63) is 34.8 Å². The Balaban J connectivity index is 0.00000243. The molecule has 0 saturated carbocycles. The van der Waals surface area contributed by atoms with Crippen LogP contribution in [0, 0.1) is 6.92 Å². The quantitative estimate of drug-likeness (QED) is 0.779. The molecule has 1 aliphatic heterocycles. The zero-order valence-electron chi connectivity index (χ0n) is 15.4. The van der Waals surface area contributed by atoms with E-state index >= 15 is 0 Å². The van der Waals surface area contributed by atoms with Gasteiger partial charge in [0.1, 0.15) is 10.8 Å². The van der Waals surface area contributed by atoms with E-state index in [4.69, 9.17) is 4.74 Å². The number of hydrogen-bond donors (Lipinski definition) is 2. The van der Waals surface area contributed by atoms with Gasteiger partial charge in [0.25, 0.3) is 0 Å². The number of nitrogens with one attached hydrogen (secondary N) is 2. The normalized spacial score (nSPS) is 17.4. The highest BCUT2D eigenvalue weighted by Gasteiger charge is 2.21. The predicted octanol–water partition coefficient (Wildman–Crippen LogP) is 3.87. The lowest BCUT2D eigenvalue weighted by Crippen LogP contribution is -2.33. The fourth-order valence-electron chi connectivity index (χ4n) is 3.19. The molecule has 1 saturated heterocycles. The Morgan fingerprint density at radius 1 is 1.42 bits per heavy atom. The first-order chi connectivity index (χ1) is 12.1. The summed E-state index contributed by atoms with van der Waals surface area (Å²) in [6.07, 6.45) is 2.79. The molecule has 1 aromatic carbocycles. The van der Waals surface area contributed by atoms with Crippen LogP contribution in [0.3, 0.4) is 0 Å². The maximum atomic E-state index is 12.3. The highest BCUT2D eigenvalue weighted by Crippen LogP contribution is 2.32. The second-order valence-electron chi connectivity index (χ2n) is 6.48. The molecule has 1 fully saturated rings. The number of carbonyl (C=O) groups is 1. The number of benzene rings is 1. The third-order valence-corrected chi connectivity index (χ3v) is 5.92. The van der Waals surface area contributed by atoms with Crippen LogP contribution in [0.4, 0.5) is 0 Å². The molecule has 0 radical (unpaired) electrons. The number of halogens is 1. The van der Waals surface area contributed by atoms with Gasteiger partial charge in [0.2, 0.25) is 5.91 Å². The summed E-state index contributed by atoms with van der Waals surface area (Å²) in [6.45, 7) is 5.05. The van der Waals surface area contributed by atoms with Gasteiger partial charge >= 0.3 is 0 Å². The number of carbonyl (C=O) groups excluding carboxylic acids is 1. The Bertz CT molecular complexity index is 727. The average molecular weight is 396 g/mol. The second-order valence-corrected chi connectivity index (χ2v) is 7.51. The summed E-state index contributed by atoms with van der Waals surface area (Å²) in [6, 6.07) is 8.19. The third-order valence-electron chi connectivity index (χ3n) is 4.53. The van der Waals surface area contributed by atoms with Crippen LogP contribution in [0.25, 0.3) is 10.6 Å². The summed E-state index contributed by atoms with van der Waals surface area (Å²) in [5.74, 6) is 0.934. The van der Waals surface area contributed by atoms with Crippen molar-refractivity contribution in [2.45, 2.75) is 45.2 Å². The molecular weight excluding hydrogens is 370 g/mol. The molecule has 1 amide bonds. The lowest BCUT2D eigenvalue weighted by Gasteiger charge is -2.15. The highest BCUT2D eigenvalue weighted by atomic mass is 35.5. The maximum absolute atomic E-state index is 12.3. The molecule has 0 spiro atoms. The molecule has 5 nitrogen and oxygen atoms in total. The van der Waals surface area contributed by atoms with Gasteiger partial charge in [-0.15, -0.1) is 23.7 Å². The molecule has 0 aliphatic carbocycles. The average Bonchev–Trinajstić information content (AvgIpc) is 3.24. The summed E-state index contributed by atoms with van der Waals surface area (Å²) in [5.41, 5.74) is 2.04. The minimum Gasteiger partial charge on any atom is -0.497 e. The van der Waals surface area contributed by atoms with Crippen LogP contribution in [0.2, 0.25) is 0 Å². The Morgan fingerprint density at radius 2 is 2.15 bits per heavy atom. The van der Waals surface area contributed by atoms with Crippen molar-refractivity contribution in [2.24, 2.45) is 0 Å². The number of nitrogens with zero attached hydrogens (tertiary/aromatic N) is 1. The number of hydrogen-bond acceptors (Lipinski definition) is 5. The number of rotatable bonds is 6. The van der Waals surface area contributed by atoms with Gasteiger partial charge in [-0.25, -0.2) is 4.98 Å². The van der Waals surface area contributed by atoms with E-state index in [1.807, 2.05) is 38.1 Å². The van der Waals surface area contributed by atoms with E-state index in [1.165, 1.54) is 0 Å². The van der Waals surface area contributed by atoms with E-state index < -0.39 is 0 Å². The van der Waals surface area contributed by atoms with Gasteiger partial charge in [0.15, 0.2) is 0 Å². The van der Waals surface area contributed by atoms with Crippen molar-refractivity contribution >= 4 is 29.7 Å². The molecule has 2 atom stereocenters. The van der Waals surface area contributed by atoms with Gasteiger partial charge in [-0.2, -0.15) is 0 Å². The second kappa shape index (κ2) is 9.35. The third kappa shape index (κ3) is 4.96. The summed E-state index contributed by atoms with van der Waals surface area (Å²) < 4.78 is 5.20. The van der Waals surface area contributed by atoms with Gasteiger partial charge in [-0.05, 0) is 57.5 Å². The molecule has 3 rings (SSSR count). The van der Waals surface area contributed by atoms with Gasteiger partial charge in [-0.3, -0.25) is 4.79 Å². The van der Waals surface area contributed by atoms with Crippen molar-refractivity contribution in [1.82, 2.24) is 15.6 Å². The van der Waals surface area contributed by atoms with Gasteiger partial charge in [0, 0.05) is 18.0 Å². The number of thiazole rings is 1. The van der Waals surface area contributed by atoms with Crippen LogP contribution in [0.1, 0.15) is 42.8 Å². The first kappa shape index (κ1) is 20.7. The molecule has 26 heavy (non-hydrogen) atoms. The lowest BCUT2D eigenvalue weighted by molar-refractivity contribution is -0.122. The van der Waals surface area contributed by atoms with Crippen LogP contribution in [0.5, 0.6) is 5.75 Å². The molecular formula is C19H26ClN3O2S. The molecule has 2 heterocycles. The number of aromatic nitrogens is 1. The van der Waals surface area contributed by atoms with Crippen molar-refractivity contribution in [2.75, 3.05) is 13.7 Å². The van der Waals surface area contributed by atoms with Crippen LogP contribution in [-0.4, -0.2) is 30.6 Å². The zero-order valence-corrected chi connectivity index (χ0v) is 17.0. The zero-order chi connectivity index (χ0) is 17.8. The molecule has 2 N–H and O–H groups in total. The predicted molar refractivity (Wildman–Crippen MR) is 108 cm³/mol. The van der Waals surface area contributed by atoms with Crippen molar-refractivity contribution < 1.29 is 9.53 Å². The minimum atomic E-state index is -0.0293. The number of methoxy groups -OCH3 is 1. The first-order valence-corrected chi connectivity index (χ1v) is 9.53. The maximum Gasteiger partial charge on any atom is 0.222 e. The highest BCUT2D eigenvalue weighted by molar-refractivity contribution is 7.15. The van der Waals surface area contributed by atoms with E-state index in [2.05, 4.69) is 15.6 Å². The smallest absolute Gasteiger partial charge is 0.222 e. The summed E-state index contributed by atoms with van der Waals surface area (Å²) >= 11 is 1.64. The molecule has 1 aliphatic rings. The number of ether oxygens (including phenoxy) is 1. The Labute approximate surface area is 165 Å². The first-order valence-electron chi connectivity index (χ1n) is 8.71. The molecule has 0 bridgehead atoms. The summed E-state index contributed by atoms with van der Waals surface area (Å²) in [7, 11) is 1.66. The van der Waals surface area contributed by atoms with Gasteiger partial charge in [-0.1, -0.05) is 0 Å². The lowest BCUT2D eigenvalue weighted by atomic mass is 10.1. The Hall–Kier alpha value is -1.63. The van der Waals surface area contributed by atoms with E-state index in [9.17, 15) is 4.79 Å². The molecule has 142 valence electrons. The molecule has 2 unspecified atom stereocenters. The van der Waals surface area contributed by atoms with Crippen molar-refractivity contribution in [3.8, 4) is 16.3 Å². The van der Waals surface area contributed by atoms with Gasteiger partial charge < -0.3 is 15.4 Å². The monoisotopic (exact) mass is 395 g/mol. The fourth-order valence-corrected chi connectivity index (χ4v) is 4.26. The number of aryl methyl sites for hydroxylation is 1. The van der Waals surface area contributed by atoms with Crippen LogP contribution >= 0.6 is 23.7 Å². The Kier molecular flexibility index (Phi) is 7.43. The molecule has 2 aromatic rings. The minimum absolute atomic E-state index is 0. The van der Waals surface area contributed by atoms with Crippen molar-refractivity contribution in [1.29, 1.82) is 0 Å². The molecule has 1 aromatic heterocycles. The van der Waals surface area contributed by atoms with Crippen LogP contribution < -0.4 is 15.4 Å². The fraction of sp³-hybridized carbons (Fsp3) is 0.474. The summed E-state index contributed by atoms with van der Waals surface area (Å²) in [5, 5.41) is 7.45. The summed E-state index contributed by atoms with van der Waals surface area (Å²) in [4.78, 5) is 18.1.